The number of ether oxygens (including phenoxy) is 1. The van der Waals surface area contributed by atoms with Gasteiger partial charge >= 0.3 is 0 Å². The van der Waals surface area contributed by atoms with Gasteiger partial charge in [0.2, 0.25) is 0 Å². The maximum Gasteiger partial charge on any atom is 0.253 e. The van der Waals surface area contributed by atoms with Crippen molar-refractivity contribution in [2.24, 2.45) is 0 Å². The van der Waals surface area contributed by atoms with Crippen LogP contribution >= 0.6 is 0 Å². The van der Waals surface area contributed by atoms with Crippen LogP contribution in [0.2, 0.25) is 0 Å². The molecule has 0 unspecified atom stereocenters. The first-order valence-corrected chi connectivity index (χ1v) is 11.9. The second kappa shape index (κ2) is 9.79. The lowest BCUT2D eigenvalue weighted by Gasteiger charge is -2.20. The van der Waals surface area contributed by atoms with E-state index in [1.54, 1.807) is 18.2 Å². The number of H-pyrrole nitrogens is 1. The van der Waals surface area contributed by atoms with Crippen molar-refractivity contribution < 1.29 is 9.53 Å². The van der Waals surface area contributed by atoms with Crippen molar-refractivity contribution >= 4 is 27.7 Å². The van der Waals surface area contributed by atoms with Gasteiger partial charge in [0.1, 0.15) is 5.75 Å². The van der Waals surface area contributed by atoms with Gasteiger partial charge in [-0.3, -0.25) is 14.8 Å². The summed E-state index contributed by atoms with van der Waals surface area (Å²) in [5, 5.41) is 2.11. The molecule has 3 heterocycles. The molecule has 7 heteroatoms. The van der Waals surface area contributed by atoms with Gasteiger partial charge in [0.05, 0.1) is 24.5 Å². The molecule has 0 fully saturated rings. The first-order valence-electron chi connectivity index (χ1n) is 11.9. The summed E-state index contributed by atoms with van der Waals surface area (Å²) in [5.41, 5.74) is 6.37. The van der Waals surface area contributed by atoms with Crippen molar-refractivity contribution in [2.45, 2.75) is 0 Å². The number of carbonyl (C=O) groups is 1. The fourth-order valence-corrected chi connectivity index (χ4v) is 4.45. The molecule has 1 amide bonds. The number of hydrogen-bond acceptors (Lipinski definition) is 5. The number of likely N-dealkylation sites (N-methyl/N-ethyl adjacent to an activating group) is 2. The van der Waals surface area contributed by atoms with Gasteiger partial charge in [0, 0.05) is 65.5 Å². The third kappa shape index (κ3) is 4.41. The van der Waals surface area contributed by atoms with Gasteiger partial charge in [-0.1, -0.05) is 12.1 Å². The number of hydrogen-bond donors (Lipinski definition) is 1. The van der Waals surface area contributed by atoms with Crippen LogP contribution in [0.15, 0.2) is 73.2 Å². The van der Waals surface area contributed by atoms with Crippen LogP contribution in [0.4, 0.5) is 0 Å². The maximum atomic E-state index is 12.9. The van der Waals surface area contributed by atoms with Gasteiger partial charge in [-0.05, 0) is 62.1 Å². The number of nitrogens with zero attached hydrogens (tertiary/aromatic N) is 4. The van der Waals surface area contributed by atoms with Gasteiger partial charge in [-0.15, -0.1) is 0 Å². The number of nitrogens with one attached hydrogen (secondary N) is 1. The molecule has 0 bridgehead atoms. The van der Waals surface area contributed by atoms with E-state index in [1.807, 2.05) is 82.1 Å². The number of pyridine rings is 2. The summed E-state index contributed by atoms with van der Waals surface area (Å²) in [5.74, 6) is 0.776. The van der Waals surface area contributed by atoms with Gasteiger partial charge < -0.3 is 19.5 Å². The molecular weight excluding hydrogens is 450 g/mol. The first-order chi connectivity index (χ1) is 17.5. The molecule has 0 saturated heterocycles. The molecule has 1 N–H and O–H groups in total. The highest BCUT2D eigenvalue weighted by molar-refractivity contribution is 6.16. The van der Waals surface area contributed by atoms with Gasteiger partial charge in [0.25, 0.3) is 5.91 Å². The van der Waals surface area contributed by atoms with E-state index in [9.17, 15) is 4.79 Å². The highest BCUT2D eigenvalue weighted by atomic mass is 16.5. The predicted molar refractivity (Wildman–Crippen MR) is 144 cm³/mol. The zero-order chi connectivity index (χ0) is 25.2. The van der Waals surface area contributed by atoms with Crippen molar-refractivity contribution in [2.75, 3.05) is 41.3 Å². The van der Waals surface area contributed by atoms with Gasteiger partial charge in [-0.2, -0.15) is 0 Å². The van der Waals surface area contributed by atoms with Crippen molar-refractivity contribution in [1.29, 1.82) is 0 Å². The van der Waals surface area contributed by atoms with E-state index in [-0.39, 0.29) is 5.91 Å². The number of methoxy groups -OCH3 is 1. The van der Waals surface area contributed by atoms with E-state index >= 15 is 0 Å². The topological polar surface area (TPSA) is 74.3 Å². The molecule has 0 aliphatic rings. The Morgan fingerprint density at radius 2 is 1.75 bits per heavy atom. The lowest BCUT2D eigenvalue weighted by atomic mass is 9.97. The third-order valence-electron chi connectivity index (χ3n) is 6.44. The minimum Gasteiger partial charge on any atom is -0.496 e. The lowest BCUT2D eigenvalue weighted by molar-refractivity contribution is 0.0786. The molecule has 182 valence electrons. The Morgan fingerprint density at radius 3 is 2.44 bits per heavy atom. The first kappa shape index (κ1) is 23.5. The maximum absolute atomic E-state index is 12.9. The summed E-state index contributed by atoms with van der Waals surface area (Å²) in [6.07, 6.45) is 5.43. The fraction of sp³-hybridized carbons (Fsp3) is 0.207. The smallest absolute Gasteiger partial charge is 0.253 e. The Balaban J connectivity index is 1.59. The highest BCUT2D eigenvalue weighted by Crippen LogP contribution is 2.41. The number of fused-ring (bicyclic) bond motifs is 3. The van der Waals surface area contributed by atoms with Crippen LogP contribution < -0.4 is 4.74 Å². The normalized spacial score (nSPS) is 11.4. The number of carbonyl (C=O) groups excluding carboxylic acids is 1. The molecule has 36 heavy (non-hydrogen) atoms. The molecule has 0 spiro atoms. The monoisotopic (exact) mass is 479 g/mol. The third-order valence-corrected chi connectivity index (χ3v) is 6.44. The van der Waals surface area contributed by atoms with Crippen LogP contribution in [0, 0.1) is 0 Å². The van der Waals surface area contributed by atoms with Crippen LogP contribution in [-0.2, 0) is 0 Å². The summed E-state index contributed by atoms with van der Waals surface area (Å²) in [6.45, 7) is 1.49. The number of aromatic nitrogens is 3. The molecule has 5 aromatic rings. The molecule has 7 nitrogen and oxygen atoms in total. The number of aromatic amines is 1. The van der Waals surface area contributed by atoms with Crippen molar-refractivity contribution in [3.8, 4) is 28.1 Å². The van der Waals surface area contributed by atoms with Gasteiger partial charge in [0.15, 0.2) is 0 Å². The van der Waals surface area contributed by atoms with E-state index in [1.165, 1.54) is 0 Å². The molecule has 0 saturated carbocycles. The van der Waals surface area contributed by atoms with E-state index in [2.05, 4.69) is 25.9 Å². The zero-order valence-corrected chi connectivity index (χ0v) is 20.9. The Hall–Kier alpha value is -4.23. The minimum absolute atomic E-state index is 0.00727. The van der Waals surface area contributed by atoms with Crippen molar-refractivity contribution in [3.05, 3.63) is 78.8 Å². The van der Waals surface area contributed by atoms with Crippen molar-refractivity contribution in [3.63, 3.8) is 0 Å². The molecule has 5 rings (SSSR count). The van der Waals surface area contributed by atoms with Crippen LogP contribution in [0.5, 0.6) is 5.75 Å². The average Bonchev–Trinajstić information content (AvgIpc) is 3.29. The van der Waals surface area contributed by atoms with Crippen LogP contribution in [0.25, 0.3) is 44.2 Å². The van der Waals surface area contributed by atoms with Crippen LogP contribution in [0.3, 0.4) is 0 Å². The zero-order valence-electron chi connectivity index (χ0n) is 20.9. The second-order valence-electron chi connectivity index (χ2n) is 9.15. The number of rotatable bonds is 7. The molecule has 0 aliphatic heterocycles. The summed E-state index contributed by atoms with van der Waals surface area (Å²) in [6, 6.07) is 17.8. The minimum atomic E-state index is 0.00727. The van der Waals surface area contributed by atoms with Crippen LogP contribution in [-0.4, -0.2) is 72.0 Å². The Morgan fingerprint density at radius 1 is 0.944 bits per heavy atom. The lowest BCUT2D eigenvalue weighted by Crippen LogP contribution is -2.33. The molecule has 0 atom stereocenters. The number of amides is 1. The fourth-order valence-electron chi connectivity index (χ4n) is 4.45. The standard InChI is InChI=1S/C29H29N5O2/c1-33(2)14-15-34(3)29(35)20-9-7-19(8-10-20)27-26(36-4)12-11-23-28(27)22-16-24(31-18-25(22)32-23)21-6-5-13-30-17-21/h5-13,16-18,32H,14-15H2,1-4H3. The Labute approximate surface area is 210 Å². The Kier molecular flexibility index (Phi) is 6.40. The second-order valence-corrected chi connectivity index (χ2v) is 9.15. The largest absolute Gasteiger partial charge is 0.496 e. The molecule has 3 aromatic heterocycles. The predicted octanol–water partition coefficient (Wildman–Crippen LogP) is 5.09. The van der Waals surface area contributed by atoms with Gasteiger partial charge in [-0.25, -0.2) is 0 Å². The summed E-state index contributed by atoms with van der Waals surface area (Å²) in [7, 11) is 7.52. The quantitative estimate of drug-likeness (QED) is 0.352. The van der Waals surface area contributed by atoms with E-state index in [4.69, 9.17) is 4.74 Å². The molecular formula is C29H29N5O2. The number of benzene rings is 2. The van der Waals surface area contributed by atoms with E-state index in [0.29, 0.717) is 12.1 Å². The van der Waals surface area contributed by atoms with Crippen LogP contribution in [0.1, 0.15) is 10.4 Å². The summed E-state index contributed by atoms with van der Waals surface area (Å²) >= 11 is 0. The summed E-state index contributed by atoms with van der Waals surface area (Å²) in [4.78, 5) is 29.1. The highest BCUT2D eigenvalue weighted by Gasteiger charge is 2.18. The molecule has 2 aromatic carbocycles. The SMILES string of the molecule is COc1ccc2[nH]c3cnc(-c4cccnc4)cc3c2c1-c1ccc(C(=O)N(C)CCN(C)C)cc1. The molecule has 0 radical (unpaired) electrons. The van der Waals surface area contributed by atoms with E-state index < -0.39 is 0 Å². The Bertz CT molecular complexity index is 1520. The average molecular weight is 480 g/mol. The van der Waals surface area contributed by atoms with E-state index in [0.717, 1.165) is 56.5 Å². The molecule has 0 aliphatic carbocycles. The van der Waals surface area contributed by atoms with Crippen molar-refractivity contribution in [1.82, 2.24) is 24.8 Å². The summed E-state index contributed by atoms with van der Waals surface area (Å²) < 4.78 is 5.79.